The molecule has 138 valence electrons. The van der Waals surface area contributed by atoms with Crippen LogP contribution in [0.3, 0.4) is 0 Å². The number of ketones is 1. The molecule has 0 bridgehead atoms. The lowest BCUT2D eigenvalue weighted by Gasteiger charge is -2.37. The van der Waals surface area contributed by atoms with Crippen LogP contribution in [0.15, 0.2) is 18.2 Å². The van der Waals surface area contributed by atoms with Crippen molar-refractivity contribution in [3.05, 3.63) is 34.9 Å². The number of amides is 1. The Bertz CT molecular complexity index is 626. The molecule has 1 aliphatic carbocycles. The first-order valence-corrected chi connectivity index (χ1v) is 9.52. The van der Waals surface area contributed by atoms with E-state index in [1.165, 1.54) is 0 Å². The van der Waals surface area contributed by atoms with Gasteiger partial charge in [-0.1, -0.05) is 44.7 Å². The Kier molecular flexibility index (Phi) is 6.77. The molecule has 0 radical (unpaired) electrons. The molecule has 1 aliphatic rings. The lowest BCUT2D eigenvalue weighted by Crippen LogP contribution is -2.54. The Morgan fingerprint density at radius 3 is 2.64 bits per heavy atom. The molecule has 1 saturated carbocycles. The van der Waals surface area contributed by atoms with E-state index in [0.717, 1.165) is 43.2 Å². The summed E-state index contributed by atoms with van der Waals surface area (Å²) in [6.45, 7) is 6.67. The maximum absolute atomic E-state index is 13.0. The molecule has 2 unspecified atom stereocenters. The molecule has 1 aromatic carbocycles. The predicted molar refractivity (Wildman–Crippen MR) is 99.7 cm³/mol. The number of unbranched alkanes of at least 4 members (excludes halogenated alkanes) is 2. The van der Waals surface area contributed by atoms with Crippen LogP contribution in [-0.2, 0) is 4.79 Å². The highest BCUT2D eigenvalue weighted by molar-refractivity contribution is 6.05. The van der Waals surface area contributed by atoms with Crippen molar-refractivity contribution >= 4 is 11.7 Å². The summed E-state index contributed by atoms with van der Waals surface area (Å²) in [7, 11) is 0. The maximum Gasteiger partial charge on any atom is 0.226 e. The molecule has 0 heterocycles. The predicted octanol–water partition coefficient (Wildman–Crippen LogP) is 3.71. The molecule has 1 aromatic rings. The Morgan fingerprint density at radius 2 is 1.96 bits per heavy atom. The van der Waals surface area contributed by atoms with Gasteiger partial charge in [0.2, 0.25) is 5.91 Å². The van der Waals surface area contributed by atoms with Crippen molar-refractivity contribution in [1.82, 2.24) is 5.32 Å². The lowest BCUT2D eigenvalue weighted by molar-refractivity contribution is -0.134. The largest absolute Gasteiger partial charge is 0.381 e. The number of aliphatic hydroxyl groups is 1. The molecule has 0 aliphatic heterocycles. The number of aryl methyl sites for hydroxylation is 2. The van der Waals surface area contributed by atoms with Crippen molar-refractivity contribution < 1.29 is 14.7 Å². The second-order valence-corrected chi connectivity index (χ2v) is 7.35. The third kappa shape index (κ3) is 4.49. The monoisotopic (exact) mass is 345 g/mol. The topological polar surface area (TPSA) is 66.4 Å². The van der Waals surface area contributed by atoms with Gasteiger partial charge in [0.05, 0.1) is 5.92 Å². The van der Waals surface area contributed by atoms with E-state index in [4.69, 9.17) is 0 Å². The van der Waals surface area contributed by atoms with E-state index in [9.17, 15) is 14.7 Å². The van der Waals surface area contributed by atoms with E-state index < -0.39 is 11.5 Å². The van der Waals surface area contributed by atoms with Crippen molar-refractivity contribution in [2.24, 2.45) is 5.92 Å². The van der Waals surface area contributed by atoms with E-state index in [1.807, 2.05) is 26.0 Å². The van der Waals surface area contributed by atoms with Gasteiger partial charge < -0.3 is 10.4 Å². The zero-order valence-corrected chi connectivity index (χ0v) is 15.7. The van der Waals surface area contributed by atoms with Crippen molar-refractivity contribution in [2.75, 3.05) is 6.54 Å². The standard InChI is InChI=1S/C21H31NO3/c1-4-5-8-13-22-20(24)18-9-6-7-12-21(18,25)19(23)17-11-10-15(2)16(3)14-17/h10-11,14,18,25H,4-9,12-13H2,1-3H3,(H,22,24). The normalized spacial score (nSPS) is 23.3. The van der Waals surface area contributed by atoms with Gasteiger partial charge in [-0.25, -0.2) is 0 Å². The van der Waals surface area contributed by atoms with Crippen LogP contribution in [0.1, 0.15) is 73.4 Å². The molecule has 4 heteroatoms. The highest BCUT2D eigenvalue weighted by Crippen LogP contribution is 2.37. The third-order valence-electron chi connectivity index (χ3n) is 5.44. The zero-order chi connectivity index (χ0) is 18.4. The maximum atomic E-state index is 13.0. The van der Waals surface area contributed by atoms with Crippen molar-refractivity contribution in [3.8, 4) is 0 Å². The fraction of sp³-hybridized carbons (Fsp3) is 0.619. The SMILES string of the molecule is CCCCCNC(=O)C1CCCCC1(O)C(=O)c1ccc(C)c(C)c1. The van der Waals surface area contributed by atoms with Gasteiger partial charge in [0.1, 0.15) is 5.60 Å². The molecule has 0 saturated heterocycles. The summed E-state index contributed by atoms with van der Waals surface area (Å²) in [4.78, 5) is 25.7. The minimum absolute atomic E-state index is 0.185. The summed E-state index contributed by atoms with van der Waals surface area (Å²) < 4.78 is 0. The molecule has 25 heavy (non-hydrogen) atoms. The average molecular weight is 345 g/mol. The number of hydrogen-bond donors (Lipinski definition) is 2. The molecule has 0 spiro atoms. The highest BCUT2D eigenvalue weighted by atomic mass is 16.3. The second kappa shape index (κ2) is 8.61. The Labute approximate surface area is 151 Å². The summed E-state index contributed by atoms with van der Waals surface area (Å²) in [6.07, 6.45) is 5.64. The first kappa shape index (κ1) is 19.6. The van der Waals surface area contributed by atoms with Crippen LogP contribution in [0.5, 0.6) is 0 Å². The van der Waals surface area contributed by atoms with E-state index in [-0.39, 0.29) is 11.7 Å². The Hall–Kier alpha value is -1.68. The van der Waals surface area contributed by atoms with Crippen LogP contribution in [0, 0.1) is 19.8 Å². The van der Waals surface area contributed by atoms with Crippen LogP contribution in [-0.4, -0.2) is 28.9 Å². The van der Waals surface area contributed by atoms with Crippen LogP contribution < -0.4 is 5.32 Å². The van der Waals surface area contributed by atoms with Gasteiger partial charge in [-0.3, -0.25) is 9.59 Å². The molecule has 2 atom stereocenters. The first-order chi connectivity index (χ1) is 11.9. The molecular formula is C21H31NO3. The molecule has 2 rings (SSSR count). The summed E-state index contributed by atoms with van der Waals surface area (Å²) in [5.41, 5.74) is 1.04. The van der Waals surface area contributed by atoms with Gasteiger partial charge in [0, 0.05) is 12.1 Å². The van der Waals surface area contributed by atoms with Crippen LogP contribution in [0.25, 0.3) is 0 Å². The number of rotatable bonds is 7. The number of hydrogen-bond acceptors (Lipinski definition) is 3. The Morgan fingerprint density at radius 1 is 1.20 bits per heavy atom. The summed E-state index contributed by atoms with van der Waals surface area (Å²) >= 11 is 0. The quantitative estimate of drug-likeness (QED) is 0.585. The molecular weight excluding hydrogens is 314 g/mol. The molecule has 1 amide bonds. The third-order valence-corrected chi connectivity index (χ3v) is 5.44. The summed E-state index contributed by atoms with van der Waals surface area (Å²) in [5, 5.41) is 14.1. The molecule has 1 fully saturated rings. The zero-order valence-electron chi connectivity index (χ0n) is 15.7. The Balaban J connectivity index is 2.17. The van der Waals surface area contributed by atoms with Gasteiger partial charge in [0.15, 0.2) is 5.78 Å². The fourth-order valence-corrected chi connectivity index (χ4v) is 3.62. The van der Waals surface area contributed by atoms with Crippen LogP contribution in [0.4, 0.5) is 0 Å². The molecule has 0 aromatic heterocycles. The van der Waals surface area contributed by atoms with E-state index in [1.54, 1.807) is 6.07 Å². The smallest absolute Gasteiger partial charge is 0.226 e. The van der Waals surface area contributed by atoms with Gasteiger partial charge in [-0.2, -0.15) is 0 Å². The van der Waals surface area contributed by atoms with Gasteiger partial charge >= 0.3 is 0 Å². The van der Waals surface area contributed by atoms with Gasteiger partial charge in [-0.05, 0) is 50.3 Å². The number of Topliss-reactive ketones (excluding diaryl/α,β-unsaturated/α-hetero) is 1. The van der Waals surface area contributed by atoms with Gasteiger partial charge in [0.25, 0.3) is 0 Å². The minimum atomic E-state index is -1.59. The average Bonchev–Trinajstić information content (AvgIpc) is 2.60. The highest BCUT2D eigenvalue weighted by Gasteiger charge is 2.48. The van der Waals surface area contributed by atoms with Gasteiger partial charge in [-0.15, -0.1) is 0 Å². The van der Waals surface area contributed by atoms with Crippen molar-refractivity contribution in [1.29, 1.82) is 0 Å². The second-order valence-electron chi connectivity index (χ2n) is 7.35. The van der Waals surface area contributed by atoms with Crippen LogP contribution in [0.2, 0.25) is 0 Å². The summed E-state index contributed by atoms with van der Waals surface area (Å²) in [6, 6.07) is 5.47. The van der Waals surface area contributed by atoms with Crippen LogP contribution >= 0.6 is 0 Å². The molecule has 4 nitrogen and oxygen atoms in total. The van der Waals surface area contributed by atoms with E-state index in [0.29, 0.717) is 24.9 Å². The fourth-order valence-electron chi connectivity index (χ4n) is 3.62. The van der Waals surface area contributed by atoms with Crippen molar-refractivity contribution in [3.63, 3.8) is 0 Å². The van der Waals surface area contributed by atoms with E-state index >= 15 is 0 Å². The number of nitrogens with one attached hydrogen (secondary N) is 1. The number of carbonyl (C=O) groups is 2. The lowest BCUT2D eigenvalue weighted by atomic mass is 9.71. The van der Waals surface area contributed by atoms with Crippen molar-refractivity contribution in [2.45, 2.75) is 71.3 Å². The minimum Gasteiger partial charge on any atom is -0.381 e. The number of benzene rings is 1. The van der Waals surface area contributed by atoms with E-state index in [2.05, 4.69) is 12.2 Å². The summed E-state index contributed by atoms with van der Waals surface area (Å²) in [5.74, 6) is -1.16. The number of carbonyl (C=O) groups excluding carboxylic acids is 2. The molecule has 2 N–H and O–H groups in total. The first-order valence-electron chi connectivity index (χ1n) is 9.52.